The number of nitrogens with zero attached hydrogens (tertiary/aromatic N) is 4. The Hall–Kier alpha value is -2.04. The van der Waals surface area contributed by atoms with Gasteiger partial charge in [0.25, 0.3) is 0 Å². The van der Waals surface area contributed by atoms with Gasteiger partial charge in [0.1, 0.15) is 0 Å². The van der Waals surface area contributed by atoms with Crippen molar-refractivity contribution in [3.05, 3.63) is 41.0 Å². The van der Waals surface area contributed by atoms with Crippen molar-refractivity contribution >= 4 is 5.91 Å². The van der Waals surface area contributed by atoms with Crippen LogP contribution < -0.4 is 0 Å². The number of aryl methyl sites for hydroxylation is 2. The van der Waals surface area contributed by atoms with Gasteiger partial charge in [0.15, 0.2) is 0 Å². The fourth-order valence-corrected chi connectivity index (χ4v) is 3.67. The van der Waals surface area contributed by atoms with E-state index in [0.717, 1.165) is 30.9 Å². The Bertz CT molecular complexity index is 727. The first-order chi connectivity index (χ1) is 10.9. The number of hydrogen-bond acceptors (Lipinski definition) is 2. The lowest BCUT2D eigenvalue weighted by Gasteiger charge is -2.36. The Morgan fingerprint density at radius 1 is 1.39 bits per heavy atom. The Morgan fingerprint density at radius 3 is 2.78 bits per heavy atom. The molecule has 124 valence electrons. The van der Waals surface area contributed by atoms with Crippen LogP contribution in [0.1, 0.15) is 42.5 Å². The molecule has 0 aliphatic carbocycles. The zero-order chi connectivity index (χ0) is 16.7. The Kier molecular flexibility index (Phi) is 4.04. The Labute approximate surface area is 137 Å². The van der Waals surface area contributed by atoms with Gasteiger partial charge in [-0.25, -0.2) is 0 Å². The molecule has 0 N–H and O–H groups in total. The van der Waals surface area contributed by atoms with Crippen LogP contribution in [0.25, 0.3) is 0 Å². The first kappa shape index (κ1) is 15.8. The third kappa shape index (κ3) is 2.69. The first-order valence-corrected chi connectivity index (χ1v) is 8.34. The van der Waals surface area contributed by atoms with Gasteiger partial charge in [-0.2, -0.15) is 5.10 Å². The summed E-state index contributed by atoms with van der Waals surface area (Å²) in [7, 11) is 1.96. The fourth-order valence-electron chi connectivity index (χ4n) is 3.67. The van der Waals surface area contributed by atoms with E-state index in [1.807, 2.05) is 30.5 Å². The minimum atomic E-state index is -0.0273. The van der Waals surface area contributed by atoms with Gasteiger partial charge < -0.3 is 9.47 Å². The van der Waals surface area contributed by atoms with E-state index >= 15 is 0 Å². The zero-order valence-electron chi connectivity index (χ0n) is 14.7. The molecule has 0 aromatic carbocycles. The maximum atomic E-state index is 13.0. The maximum absolute atomic E-state index is 13.0. The summed E-state index contributed by atoms with van der Waals surface area (Å²) in [4.78, 5) is 15.0. The van der Waals surface area contributed by atoms with Crippen molar-refractivity contribution in [3.63, 3.8) is 0 Å². The van der Waals surface area contributed by atoms with E-state index in [1.54, 1.807) is 0 Å². The molecule has 1 aliphatic heterocycles. The van der Waals surface area contributed by atoms with E-state index in [1.165, 1.54) is 11.3 Å². The van der Waals surface area contributed by atoms with Crippen molar-refractivity contribution < 1.29 is 4.79 Å². The van der Waals surface area contributed by atoms with E-state index in [9.17, 15) is 4.79 Å². The number of rotatable bonds is 3. The third-order valence-electron chi connectivity index (χ3n) is 5.22. The van der Waals surface area contributed by atoms with Gasteiger partial charge in [0, 0.05) is 43.6 Å². The SMILES string of the molecule is Cc1nn(C)c(C)c1CC(C)C(=O)N1CCn2cccc2C1C. The lowest BCUT2D eigenvalue weighted by molar-refractivity contribution is -0.138. The van der Waals surface area contributed by atoms with Crippen LogP contribution in [0.3, 0.4) is 0 Å². The van der Waals surface area contributed by atoms with Crippen molar-refractivity contribution in [1.29, 1.82) is 0 Å². The summed E-state index contributed by atoms with van der Waals surface area (Å²) in [5.74, 6) is 0.216. The molecule has 0 saturated heterocycles. The van der Waals surface area contributed by atoms with E-state index < -0.39 is 0 Å². The van der Waals surface area contributed by atoms with E-state index in [2.05, 4.69) is 41.8 Å². The highest BCUT2D eigenvalue weighted by Gasteiger charge is 2.30. The van der Waals surface area contributed by atoms with Crippen molar-refractivity contribution in [1.82, 2.24) is 19.2 Å². The summed E-state index contributed by atoms with van der Waals surface area (Å²) in [6, 6.07) is 4.32. The molecule has 0 radical (unpaired) electrons. The molecular weight excluding hydrogens is 288 g/mol. The second-order valence-electron chi connectivity index (χ2n) is 6.71. The molecule has 23 heavy (non-hydrogen) atoms. The molecule has 0 bridgehead atoms. The number of carbonyl (C=O) groups is 1. The Morgan fingerprint density at radius 2 is 2.13 bits per heavy atom. The number of amides is 1. The average Bonchev–Trinajstić information content (AvgIpc) is 3.08. The van der Waals surface area contributed by atoms with Gasteiger partial charge in [-0.3, -0.25) is 9.48 Å². The molecule has 1 amide bonds. The third-order valence-corrected chi connectivity index (χ3v) is 5.22. The van der Waals surface area contributed by atoms with Crippen LogP contribution >= 0.6 is 0 Å². The van der Waals surface area contributed by atoms with Gasteiger partial charge in [-0.05, 0) is 44.9 Å². The van der Waals surface area contributed by atoms with Crippen LogP contribution in [0.2, 0.25) is 0 Å². The minimum Gasteiger partial charge on any atom is -0.348 e. The van der Waals surface area contributed by atoms with Gasteiger partial charge >= 0.3 is 0 Å². The normalized spacial score (nSPS) is 18.8. The fraction of sp³-hybridized carbons (Fsp3) is 0.556. The molecule has 2 aromatic rings. The molecule has 0 saturated carbocycles. The number of carbonyl (C=O) groups excluding carboxylic acids is 1. The molecule has 3 rings (SSSR count). The van der Waals surface area contributed by atoms with E-state index in [4.69, 9.17) is 0 Å². The van der Waals surface area contributed by atoms with Crippen LogP contribution in [0.4, 0.5) is 0 Å². The summed E-state index contributed by atoms with van der Waals surface area (Å²) in [6.07, 6.45) is 2.86. The number of aromatic nitrogens is 3. The standard InChI is InChI=1S/C18H26N4O/c1-12(11-16-13(2)19-20(5)14(16)3)18(23)22-10-9-21-8-6-7-17(21)15(22)4/h6-8,12,15H,9-11H2,1-5H3. The van der Waals surface area contributed by atoms with Crippen LogP contribution in [-0.2, 0) is 24.8 Å². The largest absolute Gasteiger partial charge is 0.348 e. The van der Waals surface area contributed by atoms with E-state index in [0.29, 0.717) is 0 Å². The second-order valence-corrected chi connectivity index (χ2v) is 6.71. The highest BCUT2D eigenvalue weighted by molar-refractivity contribution is 5.79. The van der Waals surface area contributed by atoms with Crippen molar-refractivity contribution in [2.24, 2.45) is 13.0 Å². The van der Waals surface area contributed by atoms with Crippen molar-refractivity contribution in [2.45, 2.75) is 46.7 Å². The van der Waals surface area contributed by atoms with Gasteiger partial charge in [0.2, 0.25) is 5.91 Å². The molecule has 0 spiro atoms. The number of hydrogen-bond donors (Lipinski definition) is 0. The monoisotopic (exact) mass is 314 g/mol. The maximum Gasteiger partial charge on any atom is 0.226 e. The summed E-state index contributed by atoms with van der Waals surface area (Å²) < 4.78 is 4.15. The van der Waals surface area contributed by atoms with Gasteiger partial charge in [-0.15, -0.1) is 0 Å². The van der Waals surface area contributed by atoms with Crippen molar-refractivity contribution in [3.8, 4) is 0 Å². The molecular formula is C18H26N4O. The second kappa shape index (κ2) is 5.87. The summed E-state index contributed by atoms with van der Waals surface area (Å²) >= 11 is 0. The molecule has 2 aromatic heterocycles. The molecule has 3 heterocycles. The van der Waals surface area contributed by atoms with Crippen LogP contribution in [0.5, 0.6) is 0 Å². The lowest BCUT2D eigenvalue weighted by Crippen LogP contribution is -2.43. The lowest BCUT2D eigenvalue weighted by atomic mass is 9.97. The topological polar surface area (TPSA) is 43.1 Å². The van der Waals surface area contributed by atoms with E-state index in [-0.39, 0.29) is 17.9 Å². The molecule has 5 nitrogen and oxygen atoms in total. The summed E-state index contributed by atoms with van der Waals surface area (Å²) in [6.45, 7) is 9.93. The van der Waals surface area contributed by atoms with Crippen LogP contribution in [-0.4, -0.2) is 31.7 Å². The van der Waals surface area contributed by atoms with Gasteiger partial charge in [-0.1, -0.05) is 6.92 Å². The smallest absolute Gasteiger partial charge is 0.226 e. The summed E-state index contributed by atoms with van der Waals surface area (Å²) in [5, 5.41) is 4.46. The predicted octanol–water partition coefficient (Wildman–Crippen LogP) is 2.62. The summed E-state index contributed by atoms with van der Waals surface area (Å²) in [5.41, 5.74) is 4.62. The number of fused-ring (bicyclic) bond motifs is 1. The molecule has 0 fully saturated rings. The predicted molar refractivity (Wildman–Crippen MR) is 90.1 cm³/mol. The first-order valence-electron chi connectivity index (χ1n) is 8.34. The quantitative estimate of drug-likeness (QED) is 0.874. The highest BCUT2D eigenvalue weighted by atomic mass is 16.2. The van der Waals surface area contributed by atoms with Crippen molar-refractivity contribution in [2.75, 3.05) is 6.54 Å². The molecule has 2 unspecified atom stereocenters. The zero-order valence-corrected chi connectivity index (χ0v) is 14.7. The van der Waals surface area contributed by atoms with Crippen LogP contribution in [0.15, 0.2) is 18.3 Å². The molecule has 5 heteroatoms. The Balaban J connectivity index is 1.75. The average molecular weight is 314 g/mol. The van der Waals surface area contributed by atoms with Crippen LogP contribution in [0, 0.1) is 19.8 Å². The molecule has 1 aliphatic rings. The highest BCUT2D eigenvalue weighted by Crippen LogP contribution is 2.28. The minimum absolute atomic E-state index is 0.0273. The molecule has 2 atom stereocenters. The van der Waals surface area contributed by atoms with Gasteiger partial charge in [0.05, 0.1) is 11.7 Å².